The predicted molar refractivity (Wildman–Crippen MR) is 135 cm³/mol. The third-order valence-corrected chi connectivity index (χ3v) is 6.66. The van der Waals surface area contributed by atoms with Gasteiger partial charge in [0.2, 0.25) is 11.9 Å². The number of anilines is 1. The maximum absolute atomic E-state index is 13.4. The molecule has 0 spiro atoms. The number of benzene rings is 2. The van der Waals surface area contributed by atoms with Crippen LogP contribution in [0.25, 0.3) is 5.69 Å². The molecule has 0 unspecified atom stereocenters. The number of rotatable bonds is 9. The van der Waals surface area contributed by atoms with Crippen LogP contribution in [0.5, 0.6) is 0 Å². The minimum absolute atomic E-state index is 0.00536. The first-order valence-corrected chi connectivity index (χ1v) is 12.6. The number of ether oxygens (including phenoxy) is 1. The summed E-state index contributed by atoms with van der Waals surface area (Å²) in [6.45, 7) is 3.73. The summed E-state index contributed by atoms with van der Waals surface area (Å²) in [5.74, 6) is 1.76. The van der Waals surface area contributed by atoms with Gasteiger partial charge in [-0.1, -0.05) is 60.3 Å². The van der Waals surface area contributed by atoms with E-state index < -0.39 is 0 Å². The van der Waals surface area contributed by atoms with Gasteiger partial charge in [0.25, 0.3) is 0 Å². The number of para-hydroxylation sites is 1. The Kier molecular flexibility index (Phi) is 7.45. The molecule has 0 radical (unpaired) electrons. The fourth-order valence-electron chi connectivity index (χ4n) is 3.97. The molecule has 0 N–H and O–H groups in total. The van der Waals surface area contributed by atoms with Crippen molar-refractivity contribution < 1.29 is 13.9 Å². The summed E-state index contributed by atoms with van der Waals surface area (Å²) in [5, 5.41) is 9.64. The lowest BCUT2D eigenvalue weighted by Gasteiger charge is -2.28. The Bertz CT molecular complexity index is 1210. The highest BCUT2D eigenvalue weighted by atomic mass is 32.2. The van der Waals surface area contributed by atoms with Crippen LogP contribution in [0.1, 0.15) is 11.3 Å². The zero-order valence-corrected chi connectivity index (χ0v) is 20.1. The van der Waals surface area contributed by atoms with Gasteiger partial charge >= 0.3 is 0 Å². The highest BCUT2D eigenvalue weighted by Gasteiger charge is 2.23. The summed E-state index contributed by atoms with van der Waals surface area (Å²) in [6.07, 6.45) is 1.63. The lowest BCUT2D eigenvalue weighted by molar-refractivity contribution is -0.129. The Morgan fingerprint density at radius 2 is 1.66 bits per heavy atom. The molecule has 9 heteroatoms. The van der Waals surface area contributed by atoms with Crippen LogP contribution < -0.4 is 4.90 Å². The van der Waals surface area contributed by atoms with E-state index in [9.17, 15) is 4.79 Å². The molecule has 1 aliphatic rings. The quantitative estimate of drug-likeness (QED) is 0.329. The highest BCUT2D eigenvalue weighted by Crippen LogP contribution is 2.27. The minimum atomic E-state index is 0.00536. The number of hydrogen-bond donors (Lipinski definition) is 0. The average molecular weight is 490 g/mol. The monoisotopic (exact) mass is 489 g/mol. The summed E-state index contributed by atoms with van der Waals surface area (Å²) in [5.41, 5.74) is 2.03. The molecule has 180 valence electrons. The van der Waals surface area contributed by atoms with Gasteiger partial charge in [-0.3, -0.25) is 9.36 Å². The molecule has 1 amide bonds. The van der Waals surface area contributed by atoms with Crippen LogP contribution in [0.2, 0.25) is 0 Å². The third-order valence-electron chi connectivity index (χ3n) is 5.75. The van der Waals surface area contributed by atoms with Gasteiger partial charge in [0, 0.05) is 19.6 Å². The van der Waals surface area contributed by atoms with E-state index in [1.165, 1.54) is 11.8 Å². The number of amides is 1. The maximum atomic E-state index is 13.4. The Labute approximate surface area is 208 Å². The summed E-state index contributed by atoms with van der Waals surface area (Å²) in [4.78, 5) is 17.4. The van der Waals surface area contributed by atoms with Gasteiger partial charge in [-0.2, -0.15) is 0 Å². The van der Waals surface area contributed by atoms with Crippen LogP contribution in [-0.2, 0) is 22.6 Å². The van der Waals surface area contributed by atoms with E-state index in [1.54, 1.807) is 6.26 Å². The number of carbonyl (C=O) groups excluding carboxylic acids is 1. The maximum Gasteiger partial charge on any atom is 0.233 e. The number of carbonyl (C=O) groups is 1. The van der Waals surface area contributed by atoms with Crippen molar-refractivity contribution in [3.63, 3.8) is 0 Å². The minimum Gasteiger partial charge on any atom is -0.467 e. The van der Waals surface area contributed by atoms with E-state index in [0.717, 1.165) is 36.0 Å². The molecule has 4 aromatic rings. The molecule has 0 aliphatic carbocycles. The second kappa shape index (κ2) is 11.2. The summed E-state index contributed by atoms with van der Waals surface area (Å²) in [7, 11) is 0. The Morgan fingerprint density at radius 1 is 0.914 bits per heavy atom. The van der Waals surface area contributed by atoms with Gasteiger partial charge in [0.05, 0.1) is 37.5 Å². The van der Waals surface area contributed by atoms with E-state index in [0.29, 0.717) is 31.5 Å². The van der Waals surface area contributed by atoms with Crippen molar-refractivity contribution in [1.82, 2.24) is 19.7 Å². The lowest BCUT2D eigenvalue weighted by Crippen LogP contribution is -2.37. The van der Waals surface area contributed by atoms with Gasteiger partial charge in [0.15, 0.2) is 5.16 Å². The molecule has 0 atom stereocenters. The van der Waals surface area contributed by atoms with Gasteiger partial charge in [-0.15, -0.1) is 10.2 Å². The first kappa shape index (κ1) is 23.2. The molecule has 1 fully saturated rings. The van der Waals surface area contributed by atoms with E-state index in [2.05, 4.69) is 15.1 Å². The molecule has 35 heavy (non-hydrogen) atoms. The first-order valence-electron chi connectivity index (χ1n) is 11.6. The molecule has 0 saturated carbocycles. The van der Waals surface area contributed by atoms with E-state index in [1.807, 2.05) is 82.3 Å². The number of furan rings is 1. The smallest absolute Gasteiger partial charge is 0.233 e. The molecule has 0 bridgehead atoms. The summed E-state index contributed by atoms with van der Waals surface area (Å²) >= 11 is 1.40. The molecular formula is C26H27N5O3S. The fourth-order valence-corrected chi connectivity index (χ4v) is 4.82. The molecule has 3 heterocycles. The van der Waals surface area contributed by atoms with Gasteiger partial charge in [-0.25, -0.2) is 0 Å². The van der Waals surface area contributed by atoms with Gasteiger partial charge in [0.1, 0.15) is 5.76 Å². The van der Waals surface area contributed by atoms with E-state index in [4.69, 9.17) is 9.15 Å². The Balaban J connectivity index is 1.36. The van der Waals surface area contributed by atoms with E-state index >= 15 is 0 Å². The molecule has 1 aliphatic heterocycles. The topological polar surface area (TPSA) is 76.6 Å². The third kappa shape index (κ3) is 5.75. The molecule has 1 saturated heterocycles. The van der Waals surface area contributed by atoms with Gasteiger partial charge in [-0.05, 0) is 29.8 Å². The zero-order valence-electron chi connectivity index (χ0n) is 19.3. The van der Waals surface area contributed by atoms with Crippen LogP contribution in [0, 0.1) is 0 Å². The van der Waals surface area contributed by atoms with Crippen molar-refractivity contribution in [3.05, 3.63) is 90.4 Å². The second-order valence-electron chi connectivity index (χ2n) is 8.16. The van der Waals surface area contributed by atoms with Gasteiger partial charge < -0.3 is 19.0 Å². The van der Waals surface area contributed by atoms with Crippen LogP contribution in [-0.4, -0.2) is 57.6 Å². The zero-order chi connectivity index (χ0) is 23.9. The predicted octanol–water partition coefficient (Wildman–Crippen LogP) is 4.02. The highest BCUT2D eigenvalue weighted by molar-refractivity contribution is 7.99. The summed E-state index contributed by atoms with van der Waals surface area (Å²) in [6, 6.07) is 23.7. The Morgan fingerprint density at radius 3 is 2.37 bits per heavy atom. The van der Waals surface area contributed by atoms with E-state index in [-0.39, 0.29) is 11.7 Å². The van der Waals surface area contributed by atoms with Crippen molar-refractivity contribution in [1.29, 1.82) is 0 Å². The van der Waals surface area contributed by atoms with Crippen LogP contribution in [0.3, 0.4) is 0 Å². The number of aromatic nitrogens is 3. The molecule has 2 aromatic heterocycles. The standard InChI is InChI=1S/C26H27N5O3S/c32-24(30(19-23-12-7-15-34-23)18-21-8-3-1-4-9-21)20-35-26-28-27-25(29-13-16-33-17-14-29)31(26)22-10-5-2-6-11-22/h1-12,15H,13-14,16-20H2. The molecule has 2 aromatic carbocycles. The van der Waals surface area contributed by atoms with Crippen molar-refractivity contribution >= 4 is 23.6 Å². The van der Waals surface area contributed by atoms with Crippen molar-refractivity contribution in [2.75, 3.05) is 37.0 Å². The summed E-state index contributed by atoms with van der Waals surface area (Å²) < 4.78 is 13.1. The molecule has 5 rings (SSSR count). The number of morpholine rings is 1. The van der Waals surface area contributed by atoms with Crippen molar-refractivity contribution in [2.24, 2.45) is 0 Å². The van der Waals surface area contributed by atoms with Crippen LogP contribution >= 0.6 is 11.8 Å². The molecule has 8 nitrogen and oxygen atoms in total. The van der Waals surface area contributed by atoms with Crippen LogP contribution in [0.15, 0.2) is 88.6 Å². The Hall–Kier alpha value is -3.56. The van der Waals surface area contributed by atoms with Crippen molar-refractivity contribution in [2.45, 2.75) is 18.2 Å². The first-order chi connectivity index (χ1) is 17.3. The lowest BCUT2D eigenvalue weighted by atomic mass is 10.2. The number of nitrogens with zero attached hydrogens (tertiary/aromatic N) is 5. The number of hydrogen-bond acceptors (Lipinski definition) is 7. The second-order valence-corrected chi connectivity index (χ2v) is 9.10. The molecular weight excluding hydrogens is 462 g/mol. The normalized spacial score (nSPS) is 13.7. The fraction of sp³-hybridized carbons (Fsp3) is 0.269. The van der Waals surface area contributed by atoms with Crippen molar-refractivity contribution in [3.8, 4) is 5.69 Å². The number of thioether (sulfide) groups is 1. The average Bonchev–Trinajstić information content (AvgIpc) is 3.58. The van der Waals surface area contributed by atoms with Crippen LogP contribution in [0.4, 0.5) is 5.95 Å². The SMILES string of the molecule is O=C(CSc1nnc(N2CCOCC2)n1-c1ccccc1)N(Cc1ccccc1)Cc1ccco1. The largest absolute Gasteiger partial charge is 0.467 e.